The molecule has 0 heterocycles. The molecule has 0 radical (unpaired) electrons. The number of aryl methyl sites for hydroxylation is 1. The third-order valence-electron chi connectivity index (χ3n) is 3.96. The van der Waals surface area contributed by atoms with Crippen molar-refractivity contribution in [3.63, 3.8) is 0 Å². The Kier molecular flexibility index (Phi) is 5.01. The predicted molar refractivity (Wildman–Crippen MR) is 77.7 cm³/mol. The molecule has 1 aliphatic carbocycles. The molecule has 4 nitrogen and oxygen atoms in total. The van der Waals surface area contributed by atoms with E-state index in [0.717, 1.165) is 25.7 Å². The molecule has 1 aromatic rings. The predicted octanol–water partition coefficient (Wildman–Crippen LogP) is 1.91. The van der Waals surface area contributed by atoms with E-state index in [4.69, 9.17) is 9.84 Å². The van der Waals surface area contributed by atoms with Crippen LogP contribution in [0.3, 0.4) is 0 Å². The second-order valence-electron chi connectivity index (χ2n) is 5.54. The van der Waals surface area contributed by atoms with Gasteiger partial charge >= 0.3 is 0 Å². The smallest absolute Gasteiger partial charge is 0.257 e. The standard InChI is InChI=1S/C16H23NO3/c1-2-13-3-5-14(6-4-13)20-11-15(19)17-12-16(7-8-16)9-10-18/h3-6,18H,2,7-12H2,1H3,(H,17,19). The molecule has 0 saturated heterocycles. The second-order valence-corrected chi connectivity index (χ2v) is 5.54. The third kappa shape index (κ3) is 4.23. The largest absolute Gasteiger partial charge is 0.484 e. The van der Waals surface area contributed by atoms with Crippen LogP contribution in [0.25, 0.3) is 0 Å². The SMILES string of the molecule is CCc1ccc(OCC(=O)NCC2(CCO)CC2)cc1. The van der Waals surface area contributed by atoms with Gasteiger partial charge in [0.2, 0.25) is 0 Å². The summed E-state index contributed by atoms with van der Waals surface area (Å²) in [5, 5.41) is 11.9. The number of rotatable bonds is 8. The van der Waals surface area contributed by atoms with Gasteiger partial charge in [-0.05, 0) is 48.8 Å². The fraction of sp³-hybridized carbons (Fsp3) is 0.562. The summed E-state index contributed by atoms with van der Waals surface area (Å²) in [4.78, 5) is 11.7. The van der Waals surface area contributed by atoms with E-state index in [0.29, 0.717) is 12.3 Å². The van der Waals surface area contributed by atoms with E-state index >= 15 is 0 Å². The molecule has 20 heavy (non-hydrogen) atoms. The number of aliphatic hydroxyl groups is 1. The molecular weight excluding hydrogens is 254 g/mol. The molecule has 0 aliphatic heterocycles. The van der Waals surface area contributed by atoms with Crippen molar-refractivity contribution in [1.29, 1.82) is 0 Å². The van der Waals surface area contributed by atoms with Crippen LogP contribution in [0.2, 0.25) is 0 Å². The van der Waals surface area contributed by atoms with Gasteiger partial charge in [0, 0.05) is 13.2 Å². The number of amides is 1. The summed E-state index contributed by atoms with van der Waals surface area (Å²) < 4.78 is 5.45. The summed E-state index contributed by atoms with van der Waals surface area (Å²) in [7, 11) is 0. The molecule has 0 aromatic heterocycles. The fourth-order valence-corrected chi connectivity index (χ4v) is 2.24. The molecule has 1 aromatic carbocycles. The maximum atomic E-state index is 11.7. The van der Waals surface area contributed by atoms with Crippen molar-refractivity contribution in [2.75, 3.05) is 19.8 Å². The Morgan fingerprint density at radius 1 is 1.35 bits per heavy atom. The van der Waals surface area contributed by atoms with Crippen molar-refractivity contribution in [2.24, 2.45) is 5.41 Å². The number of carbonyl (C=O) groups is 1. The molecule has 1 fully saturated rings. The van der Waals surface area contributed by atoms with Gasteiger partial charge in [0.15, 0.2) is 6.61 Å². The Morgan fingerprint density at radius 2 is 2.05 bits per heavy atom. The van der Waals surface area contributed by atoms with Gasteiger partial charge < -0.3 is 15.2 Å². The van der Waals surface area contributed by atoms with Gasteiger partial charge in [-0.15, -0.1) is 0 Å². The monoisotopic (exact) mass is 277 g/mol. The maximum Gasteiger partial charge on any atom is 0.257 e. The number of carbonyl (C=O) groups excluding carboxylic acids is 1. The van der Waals surface area contributed by atoms with Gasteiger partial charge in [0.25, 0.3) is 5.91 Å². The molecule has 0 bridgehead atoms. The van der Waals surface area contributed by atoms with Crippen LogP contribution < -0.4 is 10.1 Å². The number of ether oxygens (including phenoxy) is 1. The zero-order chi connectivity index (χ0) is 14.4. The first kappa shape index (κ1) is 14.9. The highest BCUT2D eigenvalue weighted by atomic mass is 16.5. The summed E-state index contributed by atoms with van der Waals surface area (Å²) in [6.45, 7) is 2.98. The normalized spacial score (nSPS) is 15.7. The van der Waals surface area contributed by atoms with Crippen LogP contribution in [0.4, 0.5) is 0 Å². The summed E-state index contributed by atoms with van der Waals surface area (Å²) in [6.07, 6.45) is 3.95. The Labute approximate surface area is 120 Å². The van der Waals surface area contributed by atoms with Crippen LogP contribution in [0.15, 0.2) is 24.3 Å². The lowest BCUT2D eigenvalue weighted by Gasteiger charge is -2.14. The van der Waals surface area contributed by atoms with Gasteiger partial charge in [-0.1, -0.05) is 19.1 Å². The highest BCUT2D eigenvalue weighted by molar-refractivity contribution is 5.77. The first-order chi connectivity index (χ1) is 9.67. The molecular formula is C16H23NO3. The molecule has 2 rings (SSSR count). The molecule has 0 atom stereocenters. The van der Waals surface area contributed by atoms with Crippen molar-refractivity contribution in [2.45, 2.75) is 32.6 Å². The van der Waals surface area contributed by atoms with Crippen molar-refractivity contribution < 1.29 is 14.6 Å². The van der Waals surface area contributed by atoms with Crippen molar-refractivity contribution >= 4 is 5.91 Å². The lowest BCUT2D eigenvalue weighted by atomic mass is 10.0. The number of hydrogen-bond donors (Lipinski definition) is 2. The molecule has 2 N–H and O–H groups in total. The van der Waals surface area contributed by atoms with Crippen molar-refractivity contribution in [3.05, 3.63) is 29.8 Å². The van der Waals surface area contributed by atoms with Crippen molar-refractivity contribution in [1.82, 2.24) is 5.32 Å². The average molecular weight is 277 g/mol. The van der Waals surface area contributed by atoms with Crippen LogP contribution in [0.5, 0.6) is 5.75 Å². The van der Waals surface area contributed by atoms with Crippen LogP contribution in [0.1, 0.15) is 31.7 Å². The van der Waals surface area contributed by atoms with Crippen LogP contribution in [-0.4, -0.2) is 30.8 Å². The summed E-state index contributed by atoms with van der Waals surface area (Å²) in [5.74, 6) is 0.614. The minimum Gasteiger partial charge on any atom is -0.484 e. The van der Waals surface area contributed by atoms with E-state index in [1.165, 1.54) is 5.56 Å². The summed E-state index contributed by atoms with van der Waals surface area (Å²) in [6, 6.07) is 7.79. The van der Waals surface area contributed by atoms with E-state index < -0.39 is 0 Å². The first-order valence-electron chi connectivity index (χ1n) is 7.27. The lowest BCUT2D eigenvalue weighted by Crippen LogP contribution is -2.34. The molecule has 1 amide bonds. The zero-order valence-electron chi connectivity index (χ0n) is 12.0. The maximum absolute atomic E-state index is 11.7. The molecule has 110 valence electrons. The highest BCUT2D eigenvalue weighted by Gasteiger charge is 2.41. The van der Waals surface area contributed by atoms with Crippen LogP contribution in [-0.2, 0) is 11.2 Å². The molecule has 0 unspecified atom stereocenters. The number of aliphatic hydroxyl groups excluding tert-OH is 1. The third-order valence-corrected chi connectivity index (χ3v) is 3.96. The Bertz CT molecular complexity index is 438. The van der Waals surface area contributed by atoms with Gasteiger partial charge in [0.1, 0.15) is 5.75 Å². The van der Waals surface area contributed by atoms with E-state index in [1.807, 2.05) is 24.3 Å². The highest BCUT2D eigenvalue weighted by Crippen LogP contribution is 2.47. The van der Waals surface area contributed by atoms with E-state index in [1.54, 1.807) is 0 Å². The minimum absolute atomic E-state index is 0.0423. The first-order valence-corrected chi connectivity index (χ1v) is 7.27. The minimum atomic E-state index is -0.103. The summed E-state index contributed by atoms with van der Waals surface area (Å²) in [5.41, 5.74) is 1.40. The number of nitrogens with one attached hydrogen (secondary N) is 1. The van der Waals surface area contributed by atoms with Gasteiger partial charge in [-0.25, -0.2) is 0 Å². The Morgan fingerprint density at radius 3 is 2.60 bits per heavy atom. The number of hydrogen-bond acceptors (Lipinski definition) is 3. The van der Waals surface area contributed by atoms with Crippen LogP contribution in [0, 0.1) is 5.41 Å². The topological polar surface area (TPSA) is 58.6 Å². The average Bonchev–Trinajstić information content (AvgIpc) is 3.24. The Hall–Kier alpha value is -1.55. The summed E-state index contributed by atoms with van der Waals surface area (Å²) >= 11 is 0. The molecule has 1 aliphatic rings. The lowest BCUT2D eigenvalue weighted by molar-refractivity contribution is -0.123. The second kappa shape index (κ2) is 6.75. The Balaban J connectivity index is 1.69. The molecule has 0 spiro atoms. The van der Waals surface area contributed by atoms with E-state index in [9.17, 15) is 4.79 Å². The van der Waals surface area contributed by atoms with E-state index in [2.05, 4.69) is 12.2 Å². The number of benzene rings is 1. The molecule has 4 heteroatoms. The van der Waals surface area contributed by atoms with Gasteiger partial charge in [0.05, 0.1) is 0 Å². The fourth-order valence-electron chi connectivity index (χ4n) is 2.24. The zero-order valence-corrected chi connectivity index (χ0v) is 12.0. The van der Waals surface area contributed by atoms with Crippen LogP contribution >= 0.6 is 0 Å². The van der Waals surface area contributed by atoms with E-state index in [-0.39, 0.29) is 24.5 Å². The molecule has 1 saturated carbocycles. The van der Waals surface area contributed by atoms with Gasteiger partial charge in [-0.3, -0.25) is 4.79 Å². The van der Waals surface area contributed by atoms with Crippen molar-refractivity contribution in [3.8, 4) is 5.75 Å². The quantitative estimate of drug-likeness (QED) is 0.763. The van der Waals surface area contributed by atoms with Gasteiger partial charge in [-0.2, -0.15) is 0 Å².